The summed E-state index contributed by atoms with van der Waals surface area (Å²) >= 11 is 0. The molecule has 0 spiro atoms. The van der Waals surface area contributed by atoms with Gasteiger partial charge in [0, 0.05) is 30.5 Å². The topological polar surface area (TPSA) is 96.1 Å². The van der Waals surface area contributed by atoms with Gasteiger partial charge >= 0.3 is 0 Å². The molecule has 3 N–H and O–H groups in total. The van der Waals surface area contributed by atoms with E-state index in [1.165, 1.54) is 0 Å². The molecule has 1 rings (SSSR count). The van der Waals surface area contributed by atoms with Crippen LogP contribution in [0.4, 0.5) is 0 Å². The van der Waals surface area contributed by atoms with Gasteiger partial charge in [0.15, 0.2) is 5.03 Å². The summed E-state index contributed by atoms with van der Waals surface area (Å²) in [6.07, 6.45) is 0. The number of aryl methyl sites for hydroxylation is 1. The zero-order valence-electron chi connectivity index (χ0n) is 12.5. The molecule has 1 atom stereocenters. The lowest BCUT2D eigenvalue weighted by molar-refractivity contribution is 0.133. The lowest BCUT2D eigenvalue weighted by Crippen LogP contribution is -2.36. The zero-order valence-corrected chi connectivity index (χ0v) is 13.3. The first kappa shape index (κ1) is 17.1. The van der Waals surface area contributed by atoms with Gasteiger partial charge in [0.2, 0.25) is 0 Å². The maximum atomic E-state index is 12.3. The molecule has 0 fully saturated rings. The third-order valence-corrected chi connectivity index (χ3v) is 4.33. The van der Waals surface area contributed by atoms with Gasteiger partial charge in [0.05, 0.1) is 6.61 Å². The minimum Gasteiger partial charge on any atom is -0.380 e. The van der Waals surface area contributed by atoms with Gasteiger partial charge in [-0.25, -0.2) is 13.1 Å². The number of rotatable bonds is 9. The first-order valence-corrected chi connectivity index (χ1v) is 8.25. The summed E-state index contributed by atoms with van der Waals surface area (Å²) < 4.78 is 32.4. The fourth-order valence-electron chi connectivity index (χ4n) is 1.76. The Hall–Kier alpha value is -0.960. The van der Waals surface area contributed by atoms with Gasteiger partial charge in [-0.15, -0.1) is 0 Å². The number of hydrogen-bond donors (Lipinski definition) is 3. The Balaban J connectivity index is 2.86. The second kappa shape index (κ2) is 7.72. The van der Waals surface area contributed by atoms with E-state index >= 15 is 0 Å². The first-order valence-electron chi connectivity index (χ1n) is 6.77. The van der Waals surface area contributed by atoms with Gasteiger partial charge in [0.25, 0.3) is 10.0 Å². The molecule has 8 heteroatoms. The van der Waals surface area contributed by atoms with Crippen LogP contribution in [-0.4, -0.2) is 44.4 Å². The van der Waals surface area contributed by atoms with Crippen LogP contribution in [0.15, 0.2) is 5.03 Å². The number of aromatic nitrogens is 2. The average molecular weight is 304 g/mol. The van der Waals surface area contributed by atoms with E-state index in [1.54, 1.807) is 6.92 Å². The molecule has 1 aromatic heterocycles. The summed E-state index contributed by atoms with van der Waals surface area (Å²) in [5.41, 5.74) is 1.42. The number of nitrogens with zero attached hydrogens (tertiary/aromatic N) is 1. The molecule has 0 aromatic carbocycles. The Labute approximate surface area is 120 Å². The molecule has 0 saturated carbocycles. The number of aromatic amines is 1. The van der Waals surface area contributed by atoms with Crippen molar-refractivity contribution in [2.24, 2.45) is 0 Å². The lowest BCUT2D eigenvalue weighted by Gasteiger charge is -2.13. The van der Waals surface area contributed by atoms with Crippen molar-refractivity contribution in [3.63, 3.8) is 0 Å². The highest BCUT2D eigenvalue weighted by Gasteiger charge is 2.25. The molecule has 7 nitrogen and oxygen atoms in total. The van der Waals surface area contributed by atoms with Crippen LogP contribution >= 0.6 is 0 Å². The maximum absolute atomic E-state index is 12.3. The maximum Gasteiger partial charge on any atom is 0.260 e. The molecule has 0 bridgehead atoms. The quantitative estimate of drug-likeness (QED) is 0.618. The van der Waals surface area contributed by atoms with E-state index in [4.69, 9.17) is 4.74 Å². The monoisotopic (exact) mass is 304 g/mol. The zero-order chi connectivity index (χ0) is 15.2. The molecule has 0 aliphatic carbocycles. The summed E-state index contributed by atoms with van der Waals surface area (Å²) in [4.78, 5) is 0. The fraction of sp³-hybridized carbons (Fsp3) is 0.750. The van der Waals surface area contributed by atoms with Gasteiger partial charge in [-0.3, -0.25) is 5.10 Å². The van der Waals surface area contributed by atoms with Crippen LogP contribution in [0, 0.1) is 6.92 Å². The van der Waals surface area contributed by atoms with Crippen LogP contribution < -0.4 is 10.0 Å². The Bertz CT molecular complexity index is 513. The molecule has 1 heterocycles. The van der Waals surface area contributed by atoms with Crippen molar-refractivity contribution >= 4 is 10.0 Å². The van der Waals surface area contributed by atoms with E-state index in [1.807, 2.05) is 20.8 Å². The van der Waals surface area contributed by atoms with Crippen molar-refractivity contribution in [1.29, 1.82) is 0 Å². The number of ether oxygens (including phenoxy) is 1. The highest BCUT2D eigenvalue weighted by Crippen LogP contribution is 2.16. The van der Waals surface area contributed by atoms with Crippen LogP contribution in [0.3, 0.4) is 0 Å². The van der Waals surface area contributed by atoms with Gasteiger partial charge in [-0.05, 0) is 27.3 Å². The molecule has 0 aliphatic heterocycles. The summed E-state index contributed by atoms with van der Waals surface area (Å²) in [7, 11) is -3.64. The van der Waals surface area contributed by atoms with E-state index in [-0.39, 0.29) is 11.1 Å². The summed E-state index contributed by atoms with van der Waals surface area (Å²) in [5, 5.41) is 9.82. The predicted octanol–water partition coefficient (Wildman–Crippen LogP) is 0.531. The average Bonchev–Trinajstić information content (AvgIpc) is 2.75. The van der Waals surface area contributed by atoms with Crippen molar-refractivity contribution in [3.8, 4) is 0 Å². The molecular weight excluding hydrogens is 280 g/mol. The summed E-state index contributed by atoms with van der Waals surface area (Å²) in [6.45, 7) is 9.52. The van der Waals surface area contributed by atoms with Crippen LogP contribution in [0.2, 0.25) is 0 Å². The predicted molar refractivity (Wildman–Crippen MR) is 77.0 cm³/mol. The van der Waals surface area contributed by atoms with Gasteiger partial charge in [-0.2, -0.15) is 5.10 Å². The van der Waals surface area contributed by atoms with Gasteiger partial charge < -0.3 is 10.1 Å². The molecule has 116 valence electrons. The Morgan fingerprint density at radius 3 is 2.70 bits per heavy atom. The van der Waals surface area contributed by atoms with Crippen molar-refractivity contribution in [3.05, 3.63) is 11.3 Å². The van der Waals surface area contributed by atoms with Crippen LogP contribution in [0.1, 0.15) is 32.0 Å². The van der Waals surface area contributed by atoms with E-state index in [0.717, 1.165) is 12.2 Å². The second-order valence-electron chi connectivity index (χ2n) is 4.59. The van der Waals surface area contributed by atoms with E-state index < -0.39 is 10.0 Å². The molecule has 20 heavy (non-hydrogen) atoms. The van der Waals surface area contributed by atoms with Gasteiger partial charge in [0.1, 0.15) is 0 Å². The molecule has 0 radical (unpaired) electrons. The first-order chi connectivity index (χ1) is 9.42. The Morgan fingerprint density at radius 2 is 2.10 bits per heavy atom. The number of hydrogen-bond acceptors (Lipinski definition) is 5. The highest BCUT2D eigenvalue weighted by molar-refractivity contribution is 7.89. The van der Waals surface area contributed by atoms with E-state index in [2.05, 4.69) is 20.2 Å². The smallest absolute Gasteiger partial charge is 0.260 e. The number of nitrogens with one attached hydrogen (secondary N) is 3. The van der Waals surface area contributed by atoms with Gasteiger partial charge in [-0.1, -0.05) is 6.92 Å². The number of H-pyrrole nitrogens is 1. The molecule has 0 amide bonds. The standard InChI is InChI=1S/C12H24N4O3S/c1-5-13-7-11-10(4)14-15-12(11)20(17,18)16-9(3)8-19-6-2/h9,13,16H,5-8H2,1-4H3,(H,14,15). The minimum atomic E-state index is -3.64. The van der Waals surface area contributed by atoms with Crippen LogP contribution in [0.5, 0.6) is 0 Å². The van der Waals surface area contributed by atoms with Crippen LogP contribution in [0.25, 0.3) is 0 Å². The largest absolute Gasteiger partial charge is 0.380 e. The Morgan fingerprint density at radius 1 is 1.40 bits per heavy atom. The molecule has 0 aliphatic rings. The van der Waals surface area contributed by atoms with Crippen molar-refractivity contribution in [2.45, 2.75) is 45.3 Å². The minimum absolute atomic E-state index is 0.0549. The molecule has 0 saturated heterocycles. The Kier molecular flexibility index (Phi) is 6.60. The normalized spacial score (nSPS) is 13.6. The van der Waals surface area contributed by atoms with Crippen molar-refractivity contribution < 1.29 is 13.2 Å². The number of sulfonamides is 1. The summed E-state index contributed by atoms with van der Waals surface area (Å²) in [6, 6.07) is -0.302. The summed E-state index contributed by atoms with van der Waals surface area (Å²) in [5.74, 6) is 0. The highest BCUT2D eigenvalue weighted by atomic mass is 32.2. The SMILES string of the molecule is CCNCc1c(S(=O)(=O)NC(C)COCC)n[nH]c1C. The van der Waals surface area contributed by atoms with E-state index in [0.29, 0.717) is 25.3 Å². The van der Waals surface area contributed by atoms with Crippen molar-refractivity contribution in [1.82, 2.24) is 20.2 Å². The van der Waals surface area contributed by atoms with E-state index in [9.17, 15) is 8.42 Å². The van der Waals surface area contributed by atoms with Crippen molar-refractivity contribution in [2.75, 3.05) is 19.8 Å². The fourth-order valence-corrected chi connectivity index (χ4v) is 3.18. The molecule has 1 unspecified atom stereocenters. The second-order valence-corrected chi connectivity index (χ2v) is 6.22. The third kappa shape index (κ3) is 4.55. The van der Waals surface area contributed by atoms with Crippen LogP contribution in [-0.2, 0) is 21.3 Å². The molecular formula is C12H24N4O3S. The molecule has 1 aromatic rings. The lowest BCUT2D eigenvalue weighted by atomic mass is 10.2. The third-order valence-electron chi connectivity index (χ3n) is 2.77.